The van der Waals surface area contributed by atoms with Crippen LogP contribution in [0.5, 0.6) is 5.75 Å². The van der Waals surface area contributed by atoms with Crippen LogP contribution in [0.3, 0.4) is 0 Å². The third kappa shape index (κ3) is 4.63. The van der Waals surface area contributed by atoms with Crippen molar-refractivity contribution in [2.75, 3.05) is 19.7 Å². The average Bonchev–Trinajstić information content (AvgIpc) is 3.34. The first-order chi connectivity index (χ1) is 14.0. The van der Waals surface area contributed by atoms with E-state index in [1.807, 2.05) is 4.90 Å². The van der Waals surface area contributed by atoms with Gasteiger partial charge in [0, 0.05) is 32.0 Å². The molecule has 12 heteroatoms. The molecular weight excluding hydrogens is 451 g/mol. The molecule has 1 atom stereocenters. The second-order valence-electron chi connectivity index (χ2n) is 6.69. The Kier molecular flexibility index (Phi) is 5.60. The van der Waals surface area contributed by atoms with Crippen LogP contribution >= 0.6 is 15.9 Å². The number of carboxylic acid groups (broad SMARTS) is 1. The number of carboxylic acids is 1. The van der Waals surface area contributed by atoms with Gasteiger partial charge in [-0.05, 0) is 33.3 Å². The van der Waals surface area contributed by atoms with Gasteiger partial charge in [-0.3, -0.25) is 4.79 Å². The first-order valence-corrected chi connectivity index (χ1v) is 9.84. The Bertz CT molecular complexity index is 930. The van der Waals surface area contributed by atoms with Crippen molar-refractivity contribution in [3.63, 3.8) is 0 Å². The van der Waals surface area contributed by atoms with Gasteiger partial charge in [0.2, 0.25) is 5.82 Å². The second-order valence-corrected chi connectivity index (χ2v) is 7.54. The molecule has 2 aliphatic rings. The lowest BCUT2D eigenvalue weighted by Crippen LogP contribution is -2.42. The zero-order chi connectivity index (χ0) is 20.4. The van der Waals surface area contributed by atoms with E-state index >= 15 is 0 Å². The topological polar surface area (TPSA) is 115 Å². The SMILES string of the molecule is O=C(O)Cn1nnc(C2COC(N3CCC(Oc4cc(F)ccc4Br)CC3)=N2)n1. The van der Waals surface area contributed by atoms with E-state index in [0.29, 0.717) is 30.7 Å². The molecule has 0 saturated carbocycles. The lowest BCUT2D eigenvalue weighted by molar-refractivity contribution is -0.138. The number of aromatic nitrogens is 4. The van der Waals surface area contributed by atoms with Crippen LogP contribution in [0, 0.1) is 5.82 Å². The van der Waals surface area contributed by atoms with Crippen molar-refractivity contribution in [2.24, 2.45) is 4.99 Å². The Hall–Kier alpha value is -2.76. The summed E-state index contributed by atoms with van der Waals surface area (Å²) in [7, 11) is 0. The Labute approximate surface area is 173 Å². The summed E-state index contributed by atoms with van der Waals surface area (Å²) in [6.07, 6.45) is 1.45. The van der Waals surface area contributed by atoms with Gasteiger partial charge in [-0.2, -0.15) is 4.80 Å². The zero-order valence-corrected chi connectivity index (χ0v) is 16.8. The molecule has 1 N–H and O–H groups in total. The molecule has 0 aliphatic carbocycles. The second kappa shape index (κ2) is 8.31. The predicted octanol–water partition coefficient (Wildman–Crippen LogP) is 1.63. The van der Waals surface area contributed by atoms with Crippen molar-refractivity contribution in [2.45, 2.75) is 31.5 Å². The third-order valence-corrected chi connectivity index (χ3v) is 5.23. The normalized spacial score (nSPS) is 19.7. The molecule has 1 aromatic carbocycles. The number of amidine groups is 1. The standard InChI is InChI=1S/C17H18BrFN6O4/c18-12-2-1-10(19)7-14(12)29-11-3-5-24(6-4-11)17-20-13(9-28-17)16-21-23-25(22-16)8-15(26)27/h1-2,7,11,13H,3-6,8-9H2,(H,26,27). The van der Waals surface area contributed by atoms with Gasteiger partial charge >= 0.3 is 5.97 Å². The minimum absolute atomic E-state index is 0.0280. The summed E-state index contributed by atoms with van der Waals surface area (Å²) in [6, 6.07) is 4.47. The largest absolute Gasteiger partial charge is 0.489 e. The Balaban J connectivity index is 1.33. The maximum atomic E-state index is 13.4. The molecular formula is C17H18BrFN6O4. The van der Waals surface area contributed by atoms with Crippen LogP contribution in [0.25, 0.3) is 0 Å². The quantitative estimate of drug-likeness (QED) is 0.703. The molecule has 4 rings (SSSR count). The number of likely N-dealkylation sites (tertiary alicyclic amines) is 1. The van der Waals surface area contributed by atoms with E-state index in [2.05, 4.69) is 36.3 Å². The summed E-state index contributed by atoms with van der Waals surface area (Å²) in [5.41, 5.74) is 0. The number of tetrazole rings is 1. The van der Waals surface area contributed by atoms with Crippen molar-refractivity contribution in [1.29, 1.82) is 0 Å². The maximum Gasteiger partial charge on any atom is 0.327 e. The highest BCUT2D eigenvalue weighted by atomic mass is 79.9. The smallest absolute Gasteiger partial charge is 0.327 e. The number of aliphatic imine (C=N–C) groups is 1. The summed E-state index contributed by atoms with van der Waals surface area (Å²) in [5, 5.41) is 20.4. The molecule has 10 nitrogen and oxygen atoms in total. The van der Waals surface area contributed by atoms with E-state index in [0.717, 1.165) is 22.1 Å². The monoisotopic (exact) mass is 468 g/mol. The predicted molar refractivity (Wildman–Crippen MR) is 101 cm³/mol. The summed E-state index contributed by atoms with van der Waals surface area (Å²) in [4.78, 5) is 18.3. The fourth-order valence-corrected chi connectivity index (χ4v) is 3.50. The Morgan fingerprint density at radius 3 is 2.93 bits per heavy atom. The van der Waals surface area contributed by atoms with E-state index in [-0.39, 0.29) is 25.1 Å². The number of nitrogens with zero attached hydrogens (tertiary/aromatic N) is 6. The molecule has 1 saturated heterocycles. The van der Waals surface area contributed by atoms with Crippen molar-refractivity contribution in [1.82, 2.24) is 25.1 Å². The lowest BCUT2D eigenvalue weighted by atomic mass is 10.1. The molecule has 2 aliphatic heterocycles. The van der Waals surface area contributed by atoms with Crippen LogP contribution in [0.1, 0.15) is 24.7 Å². The minimum Gasteiger partial charge on any atom is -0.489 e. The van der Waals surface area contributed by atoms with Gasteiger partial charge in [-0.15, -0.1) is 10.2 Å². The van der Waals surface area contributed by atoms with Crippen LogP contribution in [-0.2, 0) is 16.1 Å². The molecule has 0 bridgehead atoms. The number of hydrogen-bond acceptors (Lipinski definition) is 8. The number of benzene rings is 1. The van der Waals surface area contributed by atoms with Crippen LogP contribution < -0.4 is 4.74 Å². The highest BCUT2D eigenvalue weighted by Crippen LogP contribution is 2.29. The summed E-state index contributed by atoms with van der Waals surface area (Å²) in [6.45, 7) is 1.29. The lowest BCUT2D eigenvalue weighted by Gasteiger charge is -2.32. The fourth-order valence-electron chi connectivity index (χ4n) is 3.16. The van der Waals surface area contributed by atoms with Crippen molar-refractivity contribution in [3.05, 3.63) is 34.3 Å². The Morgan fingerprint density at radius 2 is 2.17 bits per heavy atom. The van der Waals surface area contributed by atoms with Gasteiger partial charge in [0.05, 0.1) is 4.47 Å². The summed E-state index contributed by atoms with van der Waals surface area (Å²) in [5.74, 6) is -0.561. The zero-order valence-electron chi connectivity index (χ0n) is 15.2. The van der Waals surface area contributed by atoms with Crippen LogP contribution in [0.15, 0.2) is 27.7 Å². The summed E-state index contributed by atoms with van der Waals surface area (Å²) < 4.78 is 25.8. The molecule has 1 fully saturated rings. The first-order valence-electron chi connectivity index (χ1n) is 9.04. The summed E-state index contributed by atoms with van der Waals surface area (Å²) >= 11 is 3.37. The average molecular weight is 469 g/mol. The number of ether oxygens (including phenoxy) is 2. The van der Waals surface area contributed by atoms with E-state index in [4.69, 9.17) is 14.6 Å². The van der Waals surface area contributed by atoms with Gasteiger partial charge in [0.25, 0.3) is 6.02 Å². The molecule has 1 aromatic heterocycles. The molecule has 29 heavy (non-hydrogen) atoms. The van der Waals surface area contributed by atoms with Gasteiger partial charge in [0.15, 0.2) is 12.6 Å². The van der Waals surface area contributed by atoms with Crippen LogP contribution in [0.4, 0.5) is 4.39 Å². The molecule has 0 spiro atoms. The minimum atomic E-state index is -1.05. The van der Waals surface area contributed by atoms with Gasteiger partial charge in [0.1, 0.15) is 24.3 Å². The number of hydrogen-bond donors (Lipinski definition) is 1. The van der Waals surface area contributed by atoms with Crippen molar-refractivity contribution >= 4 is 27.9 Å². The highest BCUT2D eigenvalue weighted by Gasteiger charge is 2.31. The molecule has 154 valence electrons. The van der Waals surface area contributed by atoms with Crippen molar-refractivity contribution in [3.8, 4) is 5.75 Å². The van der Waals surface area contributed by atoms with E-state index in [1.54, 1.807) is 6.07 Å². The number of halogens is 2. The number of rotatable bonds is 5. The van der Waals surface area contributed by atoms with Gasteiger partial charge in [-0.25, -0.2) is 9.38 Å². The number of piperidine rings is 1. The fraction of sp³-hybridized carbons (Fsp3) is 0.471. The molecule has 3 heterocycles. The molecule has 0 amide bonds. The van der Waals surface area contributed by atoms with E-state index in [1.165, 1.54) is 12.1 Å². The highest BCUT2D eigenvalue weighted by molar-refractivity contribution is 9.10. The maximum absolute atomic E-state index is 13.4. The van der Waals surface area contributed by atoms with Crippen LogP contribution in [0.2, 0.25) is 0 Å². The molecule has 1 unspecified atom stereocenters. The number of carbonyl (C=O) groups is 1. The Morgan fingerprint density at radius 1 is 1.38 bits per heavy atom. The third-order valence-electron chi connectivity index (χ3n) is 4.58. The van der Waals surface area contributed by atoms with Crippen LogP contribution in [-0.4, -0.2) is 68.0 Å². The van der Waals surface area contributed by atoms with E-state index < -0.39 is 12.0 Å². The van der Waals surface area contributed by atoms with Crippen molar-refractivity contribution < 1.29 is 23.8 Å². The molecule has 0 radical (unpaired) electrons. The van der Waals surface area contributed by atoms with E-state index in [9.17, 15) is 9.18 Å². The number of aliphatic carboxylic acids is 1. The van der Waals surface area contributed by atoms with Gasteiger partial charge in [-0.1, -0.05) is 0 Å². The molecule has 2 aromatic rings. The van der Waals surface area contributed by atoms with Gasteiger partial charge < -0.3 is 19.5 Å². The first kappa shape index (κ1) is 19.6.